The van der Waals surface area contributed by atoms with Crippen molar-refractivity contribution in [3.8, 4) is 6.01 Å². The van der Waals surface area contributed by atoms with Crippen LogP contribution in [0.5, 0.6) is 6.01 Å². The summed E-state index contributed by atoms with van der Waals surface area (Å²) in [6.07, 6.45) is 4.70. The monoisotopic (exact) mass is 407 g/mol. The van der Waals surface area contributed by atoms with E-state index in [1.54, 1.807) is 12.1 Å². The van der Waals surface area contributed by atoms with Crippen LogP contribution in [0.4, 0.5) is 4.39 Å². The van der Waals surface area contributed by atoms with Gasteiger partial charge in [0.15, 0.2) is 5.82 Å². The zero-order valence-corrected chi connectivity index (χ0v) is 17.2. The summed E-state index contributed by atoms with van der Waals surface area (Å²) in [5.74, 6) is -0.513. The molecule has 0 radical (unpaired) electrons. The summed E-state index contributed by atoms with van der Waals surface area (Å²) >= 11 is 0. The van der Waals surface area contributed by atoms with Gasteiger partial charge in [0.2, 0.25) is 10.0 Å². The Morgan fingerprint density at radius 1 is 1.04 bits per heavy atom. The molecular formula is C20H26FN3O3S. The molecule has 8 heteroatoms. The first-order valence-electron chi connectivity index (χ1n) is 9.40. The standard InChI is InChI=1S/C20H26FN3O3S/c1-20(2,3)14-4-10-18(11-5-14)28(25,26)24-16-6-8-17(9-7-16)27-19-22-12-15(21)13-23-19/h4-5,10-13,16-17,24H,6-9H2,1-3H3. The number of benzene rings is 1. The van der Waals surface area contributed by atoms with Crippen LogP contribution < -0.4 is 9.46 Å². The number of hydrogen-bond donors (Lipinski definition) is 1. The highest BCUT2D eigenvalue weighted by atomic mass is 32.2. The van der Waals surface area contributed by atoms with Gasteiger partial charge >= 0.3 is 6.01 Å². The van der Waals surface area contributed by atoms with Crippen molar-refractivity contribution in [2.24, 2.45) is 0 Å². The minimum atomic E-state index is -3.56. The van der Waals surface area contributed by atoms with Crippen LogP contribution in [0.2, 0.25) is 0 Å². The summed E-state index contributed by atoms with van der Waals surface area (Å²) in [7, 11) is -3.56. The van der Waals surface area contributed by atoms with Crippen LogP contribution in [0.15, 0.2) is 41.6 Å². The molecule has 1 aromatic heterocycles. The lowest BCUT2D eigenvalue weighted by molar-refractivity contribution is 0.132. The van der Waals surface area contributed by atoms with E-state index >= 15 is 0 Å². The fourth-order valence-corrected chi connectivity index (χ4v) is 4.54. The predicted octanol–water partition coefficient (Wildman–Crippen LogP) is 3.58. The van der Waals surface area contributed by atoms with Crippen molar-refractivity contribution in [1.29, 1.82) is 0 Å². The van der Waals surface area contributed by atoms with Gasteiger partial charge in [-0.3, -0.25) is 0 Å². The van der Waals surface area contributed by atoms with Crippen LogP contribution in [0.3, 0.4) is 0 Å². The lowest BCUT2D eigenvalue weighted by Crippen LogP contribution is -2.39. The number of halogens is 1. The van der Waals surface area contributed by atoms with E-state index in [0.29, 0.717) is 25.7 Å². The molecule has 1 fully saturated rings. The zero-order chi connectivity index (χ0) is 20.4. The molecule has 0 amide bonds. The van der Waals surface area contributed by atoms with Crippen molar-refractivity contribution in [2.45, 2.75) is 68.9 Å². The molecule has 6 nitrogen and oxygen atoms in total. The van der Waals surface area contributed by atoms with Crippen molar-refractivity contribution < 1.29 is 17.5 Å². The number of aromatic nitrogens is 2. The van der Waals surface area contributed by atoms with E-state index in [1.165, 1.54) is 0 Å². The molecule has 152 valence electrons. The van der Waals surface area contributed by atoms with E-state index in [4.69, 9.17) is 4.74 Å². The first-order chi connectivity index (χ1) is 13.1. The quantitative estimate of drug-likeness (QED) is 0.819. The smallest absolute Gasteiger partial charge is 0.316 e. The summed E-state index contributed by atoms with van der Waals surface area (Å²) in [6, 6.07) is 7.04. The highest BCUT2D eigenvalue weighted by Gasteiger charge is 2.27. The van der Waals surface area contributed by atoms with Gasteiger partial charge in [-0.2, -0.15) is 0 Å². The molecule has 1 aliphatic rings. The van der Waals surface area contributed by atoms with Gasteiger partial charge in [0.1, 0.15) is 6.10 Å². The van der Waals surface area contributed by atoms with Gasteiger partial charge in [-0.25, -0.2) is 27.5 Å². The maximum absolute atomic E-state index is 12.8. The van der Waals surface area contributed by atoms with Crippen molar-refractivity contribution in [3.63, 3.8) is 0 Å². The fraction of sp³-hybridized carbons (Fsp3) is 0.500. The summed E-state index contributed by atoms with van der Waals surface area (Å²) in [5, 5.41) is 0. The van der Waals surface area contributed by atoms with E-state index < -0.39 is 15.8 Å². The van der Waals surface area contributed by atoms with Crippen molar-refractivity contribution >= 4 is 10.0 Å². The van der Waals surface area contributed by atoms with Crippen LogP contribution in [-0.4, -0.2) is 30.5 Å². The van der Waals surface area contributed by atoms with E-state index in [9.17, 15) is 12.8 Å². The molecule has 0 spiro atoms. The Kier molecular flexibility index (Phi) is 6.00. The molecule has 1 N–H and O–H groups in total. The number of hydrogen-bond acceptors (Lipinski definition) is 5. The topological polar surface area (TPSA) is 81.2 Å². The number of rotatable bonds is 5. The molecule has 2 aromatic rings. The Balaban J connectivity index is 1.55. The number of ether oxygens (including phenoxy) is 1. The lowest BCUT2D eigenvalue weighted by atomic mass is 9.87. The molecule has 0 saturated heterocycles. The Morgan fingerprint density at radius 3 is 2.14 bits per heavy atom. The number of nitrogens with zero attached hydrogens (tertiary/aromatic N) is 2. The average molecular weight is 408 g/mol. The summed E-state index contributed by atoms with van der Waals surface area (Å²) in [4.78, 5) is 7.87. The molecule has 1 heterocycles. The second kappa shape index (κ2) is 8.13. The van der Waals surface area contributed by atoms with Gasteiger partial charge < -0.3 is 4.74 Å². The molecular weight excluding hydrogens is 381 g/mol. The Hall–Kier alpha value is -2.06. The average Bonchev–Trinajstić information content (AvgIpc) is 2.64. The van der Waals surface area contributed by atoms with Crippen LogP contribution in [0.25, 0.3) is 0 Å². The minimum absolute atomic E-state index is 0.0255. The van der Waals surface area contributed by atoms with Gasteiger partial charge in [0.05, 0.1) is 17.3 Å². The molecule has 1 saturated carbocycles. The lowest BCUT2D eigenvalue weighted by Gasteiger charge is -2.28. The van der Waals surface area contributed by atoms with Crippen LogP contribution in [0.1, 0.15) is 52.0 Å². The first-order valence-corrected chi connectivity index (χ1v) is 10.9. The minimum Gasteiger partial charge on any atom is -0.460 e. The van der Waals surface area contributed by atoms with Crippen molar-refractivity contribution in [1.82, 2.24) is 14.7 Å². The van der Waals surface area contributed by atoms with Crippen molar-refractivity contribution in [2.75, 3.05) is 0 Å². The number of nitrogens with one attached hydrogen (secondary N) is 1. The second-order valence-electron chi connectivity index (χ2n) is 8.17. The molecule has 0 unspecified atom stereocenters. The summed E-state index contributed by atoms with van der Waals surface area (Å²) in [6.45, 7) is 6.27. The molecule has 0 atom stereocenters. The number of sulfonamides is 1. The largest absolute Gasteiger partial charge is 0.460 e. The SMILES string of the molecule is CC(C)(C)c1ccc(S(=O)(=O)NC2CCC(Oc3ncc(F)cn3)CC2)cc1. The predicted molar refractivity (Wildman–Crippen MR) is 104 cm³/mol. The summed E-state index contributed by atoms with van der Waals surface area (Å²) < 4.78 is 46.6. The van der Waals surface area contributed by atoms with Crippen molar-refractivity contribution in [3.05, 3.63) is 48.0 Å². The van der Waals surface area contributed by atoms with Gasteiger partial charge in [-0.05, 0) is 48.8 Å². The normalized spacial score (nSPS) is 20.7. The molecule has 28 heavy (non-hydrogen) atoms. The maximum Gasteiger partial charge on any atom is 0.316 e. The van der Waals surface area contributed by atoms with E-state index in [-0.39, 0.29) is 28.5 Å². The van der Waals surface area contributed by atoms with Crippen LogP contribution >= 0.6 is 0 Å². The second-order valence-corrected chi connectivity index (χ2v) is 9.88. The van der Waals surface area contributed by atoms with Gasteiger partial charge in [-0.1, -0.05) is 32.9 Å². The van der Waals surface area contributed by atoms with Gasteiger partial charge in [0, 0.05) is 6.04 Å². The Labute approximate surface area is 165 Å². The highest BCUT2D eigenvalue weighted by Crippen LogP contribution is 2.25. The van der Waals surface area contributed by atoms with E-state index in [0.717, 1.165) is 18.0 Å². The van der Waals surface area contributed by atoms with E-state index in [2.05, 4.69) is 35.5 Å². The third-order valence-corrected chi connectivity index (χ3v) is 6.43. The van der Waals surface area contributed by atoms with E-state index in [1.807, 2.05) is 12.1 Å². The molecule has 0 aliphatic heterocycles. The first kappa shape index (κ1) is 20.7. The van der Waals surface area contributed by atoms with Gasteiger partial charge in [0.25, 0.3) is 0 Å². The third kappa shape index (κ3) is 5.26. The highest BCUT2D eigenvalue weighted by molar-refractivity contribution is 7.89. The molecule has 3 rings (SSSR count). The zero-order valence-electron chi connectivity index (χ0n) is 16.4. The molecule has 0 bridgehead atoms. The fourth-order valence-electron chi connectivity index (χ4n) is 3.23. The maximum atomic E-state index is 12.8. The van der Waals surface area contributed by atoms with Crippen LogP contribution in [0, 0.1) is 5.82 Å². The Morgan fingerprint density at radius 2 is 1.61 bits per heavy atom. The van der Waals surface area contributed by atoms with Crippen LogP contribution in [-0.2, 0) is 15.4 Å². The molecule has 1 aliphatic carbocycles. The van der Waals surface area contributed by atoms with Gasteiger partial charge in [-0.15, -0.1) is 0 Å². The Bertz CT molecular complexity index is 886. The summed E-state index contributed by atoms with van der Waals surface area (Å²) in [5.41, 5.74) is 1.06. The third-order valence-electron chi connectivity index (χ3n) is 4.90. The molecule has 1 aromatic carbocycles.